The molecule has 0 radical (unpaired) electrons. The van der Waals surface area contributed by atoms with Gasteiger partial charge >= 0.3 is 5.97 Å². The summed E-state index contributed by atoms with van der Waals surface area (Å²) in [5.74, 6) is -1.00. The highest BCUT2D eigenvalue weighted by Gasteiger charge is 2.18. The van der Waals surface area contributed by atoms with Crippen molar-refractivity contribution in [1.82, 2.24) is 5.32 Å². The van der Waals surface area contributed by atoms with Crippen molar-refractivity contribution in [3.8, 4) is 11.5 Å². The molecule has 0 aliphatic heterocycles. The first-order valence-corrected chi connectivity index (χ1v) is 6.70. The summed E-state index contributed by atoms with van der Waals surface area (Å²) < 4.78 is 10.1. The van der Waals surface area contributed by atoms with Crippen molar-refractivity contribution in [2.24, 2.45) is 5.92 Å². The van der Waals surface area contributed by atoms with E-state index in [1.165, 1.54) is 19.2 Å². The number of rotatable bonds is 6. The van der Waals surface area contributed by atoms with Gasteiger partial charge < -0.3 is 19.9 Å². The summed E-state index contributed by atoms with van der Waals surface area (Å²) in [6.07, 6.45) is -0.196. The Hall–Kier alpha value is -2.24. The first kappa shape index (κ1) is 16.8. The number of hydrogen-bond acceptors (Lipinski definition) is 5. The van der Waals surface area contributed by atoms with E-state index in [0.717, 1.165) is 0 Å². The second-order valence-corrected chi connectivity index (χ2v) is 4.98. The Morgan fingerprint density at radius 3 is 2.52 bits per heavy atom. The first-order chi connectivity index (χ1) is 9.85. The summed E-state index contributed by atoms with van der Waals surface area (Å²) in [6.45, 7) is 5.31. The van der Waals surface area contributed by atoms with Crippen molar-refractivity contribution in [2.75, 3.05) is 13.7 Å². The van der Waals surface area contributed by atoms with Crippen LogP contribution in [0.15, 0.2) is 18.2 Å². The molecule has 2 N–H and O–H groups in total. The van der Waals surface area contributed by atoms with Gasteiger partial charge in [-0.05, 0) is 32.0 Å². The fourth-order valence-electron chi connectivity index (χ4n) is 1.60. The van der Waals surface area contributed by atoms with E-state index in [1.54, 1.807) is 26.8 Å². The van der Waals surface area contributed by atoms with Gasteiger partial charge in [0, 0.05) is 6.54 Å². The highest BCUT2D eigenvalue weighted by atomic mass is 16.5. The van der Waals surface area contributed by atoms with Crippen LogP contribution in [-0.2, 0) is 9.53 Å². The summed E-state index contributed by atoms with van der Waals surface area (Å²) in [4.78, 5) is 23.6. The maximum absolute atomic E-state index is 12.0. The molecular formula is C15H21NO5. The number of nitrogens with one attached hydrogen (secondary N) is 1. The zero-order chi connectivity index (χ0) is 16.0. The quantitative estimate of drug-likeness (QED) is 0.781. The first-order valence-electron chi connectivity index (χ1n) is 6.70. The molecule has 0 aromatic heterocycles. The van der Waals surface area contributed by atoms with Gasteiger partial charge in [0.2, 0.25) is 0 Å². The minimum absolute atomic E-state index is 0.0961. The number of carbonyl (C=O) groups is 2. The number of phenolic OH excluding ortho intramolecular Hbond substituents is 1. The average Bonchev–Trinajstić information content (AvgIpc) is 2.44. The Kier molecular flexibility index (Phi) is 6.02. The van der Waals surface area contributed by atoms with Crippen LogP contribution in [0.1, 0.15) is 31.1 Å². The molecule has 0 heterocycles. The number of esters is 1. The molecular weight excluding hydrogens is 274 g/mol. The van der Waals surface area contributed by atoms with Gasteiger partial charge in [0.1, 0.15) is 11.5 Å². The zero-order valence-electron chi connectivity index (χ0n) is 12.7. The van der Waals surface area contributed by atoms with Crippen LogP contribution in [0, 0.1) is 5.92 Å². The number of methoxy groups -OCH3 is 1. The van der Waals surface area contributed by atoms with E-state index in [4.69, 9.17) is 9.47 Å². The summed E-state index contributed by atoms with van der Waals surface area (Å²) in [5, 5.41) is 12.3. The van der Waals surface area contributed by atoms with Gasteiger partial charge in [0.05, 0.1) is 24.7 Å². The number of aromatic hydroxyl groups is 1. The molecule has 0 fully saturated rings. The summed E-state index contributed by atoms with van der Waals surface area (Å²) in [7, 11) is 1.47. The maximum atomic E-state index is 12.0. The molecule has 0 aliphatic carbocycles. The molecule has 1 aromatic rings. The molecule has 0 saturated carbocycles. The van der Waals surface area contributed by atoms with E-state index in [0.29, 0.717) is 5.75 Å². The van der Waals surface area contributed by atoms with E-state index in [-0.39, 0.29) is 29.9 Å². The number of hydrogen-bond donors (Lipinski definition) is 2. The van der Waals surface area contributed by atoms with Crippen molar-refractivity contribution < 1.29 is 24.2 Å². The molecule has 6 heteroatoms. The summed E-state index contributed by atoms with van der Waals surface area (Å²) in [5.41, 5.74) is 0.0961. The van der Waals surface area contributed by atoms with Crippen molar-refractivity contribution in [3.05, 3.63) is 23.8 Å². The van der Waals surface area contributed by atoms with Crippen LogP contribution in [0.5, 0.6) is 11.5 Å². The van der Waals surface area contributed by atoms with Crippen LogP contribution in [0.4, 0.5) is 0 Å². The van der Waals surface area contributed by atoms with E-state index in [1.807, 2.05) is 0 Å². The topological polar surface area (TPSA) is 84.9 Å². The third-order valence-electron chi connectivity index (χ3n) is 2.77. The van der Waals surface area contributed by atoms with Crippen LogP contribution in [0.2, 0.25) is 0 Å². The molecule has 0 aliphatic rings. The minimum atomic E-state index is -0.476. The van der Waals surface area contributed by atoms with Gasteiger partial charge in [-0.3, -0.25) is 9.59 Å². The molecule has 116 valence electrons. The molecule has 1 atom stereocenters. The van der Waals surface area contributed by atoms with Crippen LogP contribution in [0.3, 0.4) is 0 Å². The Morgan fingerprint density at radius 1 is 1.29 bits per heavy atom. The van der Waals surface area contributed by atoms with E-state index in [9.17, 15) is 14.7 Å². The van der Waals surface area contributed by atoms with Crippen LogP contribution >= 0.6 is 0 Å². The zero-order valence-corrected chi connectivity index (χ0v) is 12.7. The lowest BCUT2D eigenvalue weighted by atomic mass is 10.1. The molecule has 0 bridgehead atoms. The minimum Gasteiger partial charge on any atom is -0.507 e. The Labute approximate surface area is 124 Å². The van der Waals surface area contributed by atoms with Crippen LogP contribution < -0.4 is 10.1 Å². The molecule has 21 heavy (non-hydrogen) atoms. The van der Waals surface area contributed by atoms with Gasteiger partial charge in [-0.25, -0.2) is 0 Å². The molecule has 0 saturated heterocycles. The largest absolute Gasteiger partial charge is 0.507 e. The van der Waals surface area contributed by atoms with E-state index < -0.39 is 11.8 Å². The molecule has 1 amide bonds. The fourth-order valence-corrected chi connectivity index (χ4v) is 1.60. The maximum Gasteiger partial charge on any atom is 0.310 e. The third-order valence-corrected chi connectivity index (χ3v) is 2.77. The van der Waals surface area contributed by atoms with E-state index >= 15 is 0 Å². The van der Waals surface area contributed by atoms with Crippen LogP contribution in [-0.4, -0.2) is 36.7 Å². The highest BCUT2D eigenvalue weighted by Crippen LogP contribution is 2.22. The molecule has 1 unspecified atom stereocenters. The molecule has 1 rings (SSSR count). The number of benzene rings is 1. The van der Waals surface area contributed by atoms with Gasteiger partial charge in [0.25, 0.3) is 5.91 Å². The lowest BCUT2D eigenvalue weighted by Crippen LogP contribution is -2.33. The Bertz CT molecular complexity index is 513. The fraction of sp³-hybridized carbons (Fsp3) is 0.467. The Morgan fingerprint density at radius 2 is 1.95 bits per heavy atom. The molecule has 0 spiro atoms. The van der Waals surface area contributed by atoms with Gasteiger partial charge in [0.15, 0.2) is 0 Å². The molecule has 6 nitrogen and oxygen atoms in total. The van der Waals surface area contributed by atoms with Gasteiger partial charge in [-0.2, -0.15) is 0 Å². The number of ether oxygens (including phenoxy) is 2. The van der Waals surface area contributed by atoms with Gasteiger partial charge in [-0.15, -0.1) is 0 Å². The predicted octanol–water partition coefficient (Wildman–Crippen LogP) is 1.72. The smallest absolute Gasteiger partial charge is 0.310 e. The van der Waals surface area contributed by atoms with E-state index in [2.05, 4.69) is 5.32 Å². The third kappa shape index (κ3) is 4.98. The summed E-state index contributed by atoms with van der Waals surface area (Å²) in [6, 6.07) is 4.36. The van der Waals surface area contributed by atoms with Crippen molar-refractivity contribution in [2.45, 2.75) is 26.9 Å². The number of carbonyl (C=O) groups excluding carboxylic acids is 2. The number of phenols is 1. The molecule has 1 aromatic carbocycles. The standard InChI is InChI=1S/C15H21NO5/c1-9(2)21-15(19)10(3)8-16-14(18)12-7-11(20-4)5-6-13(12)17/h5-7,9-10,17H,8H2,1-4H3,(H,16,18). The van der Waals surface area contributed by atoms with Crippen molar-refractivity contribution >= 4 is 11.9 Å². The monoisotopic (exact) mass is 295 g/mol. The average molecular weight is 295 g/mol. The lowest BCUT2D eigenvalue weighted by molar-refractivity contribution is -0.151. The number of amides is 1. The SMILES string of the molecule is COc1ccc(O)c(C(=O)NCC(C)C(=O)OC(C)C)c1. The predicted molar refractivity (Wildman–Crippen MR) is 77.4 cm³/mol. The second kappa shape index (κ2) is 7.52. The van der Waals surface area contributed by atoms with Crippen molar-refractivity contribution in [1.29, 1.82) is 0 Å². The Balaban J connectivity index is 2.63. The van der Waals surface area contributed by atoms with Crippen molar-refractivity contribution in [3.63, 3.8) is 0 Å². The summed E-state index contributed by atoms with van der Waals surface area (Å²) >= 11 is 0. The lowest BCUT2D eigenvalue weighted by Gasteiger charge is -2.15. The normalized spacial score (nSPS) is 11.9. The van der Waals surface area contributed by atoms with Gasteiger partial charge in [-0.1, -0.05) is 6.92 Å². The second-order valence-electron chi connectivity index (χ2n) is 4.98. The highest BCUT2D eigenvalue weighted by molar-refractivity contribution is 5.97. The van der Waals surface area contributed by atoms with Crippen LogP contribution in [0.25, 0.3) is 0 Å².